The number of carbonyl (C=O) groups excluding carboxylic acids is 1. The average Bonchev–Trinajstić information content (AvgIpc) is 2.83. The molecule has 2 N–H and O–H groups in total. The molecule has 1 aromatic rings. The molecule has 0 bridgehead atoms. The van der Waals surface area contributed by atoms with Crippen molar-refractivity contribution < 1.29 is 9.53 Å². The van der Waals surface area contributed by atoms with E-state index in [1.54, 1.807) is 0 Å². The lowest BCUT2D eigenvalue weighted by molar-refractivity contribution is 0.0865. The molecule has 1 amide bonds. The van der Waals surface area contributed by atoms with Gasteiger partial charge in [-0.1, -0.05) is 6.07 Å². The van der Waals surface area contributed by atoms with E-state index in [9.17, 15) is 4.79 Å². The van der Waals surface area contributed by atoms with Crippen molar-refractivity contribution in [3.8, 4) is 0 Å². The zero-order valence-electron chi connectivity index (χ0n) is 11.6. The van der Waals surface area contributed by atoms with Crippen molar-refractivity contribution in [3.63, 3.8) is 0 Å². The van der Waals surface area contributed by atoms with Crippen LogP contribution in [0.5, 0.6) is 0 Å². The van der Waals surface area contributed by atoms with Crippen LogP contribution in [0.25, 0.3) is 0 Å². The van der Waals surface area contributed by atoms with E-state index in [1.807, 2.05) is 25.1 Å². The number of anilines is 1. The van der Waals surface area contributed by atoms with Gasteiger partial charge in [0.2, 0.25) is 0 Å². The summed E-state index contributed by atoms with van der Waals surface area (Å²) in [4.78, 5) is 12.4. The van der Waals surface area contributed by atoms with E-state index in [2.05, 4.69) is 10.6 Å². The lowest BCUT2D eigenvalue weighted by atomic mass is 9.97. The molecule has 0 spiro atoms. The third kappa shape index (κ3) is 2.91. The normalized spacial score (nSPS) is 24.2. The molecule has 0 aromatic heterocycles. The number of carbonyl (C=O) groups is 1. The second-order valence-electron chi connectivity index (χ2n) is 5.31. The van der Waals surface area contributed by atoms with Crippen LogP contribution in [0, 0.1) is 0 Å². The Kier molecular flexibility index (Phi) is 4.89. The minimum Gasteiger partial charge on any atom is -0.385 e. The number of hydrogen-bond donors (Lipinski definition) is 2. The molecule has 4 nitrogen and oxygen atoms in total. The number of fused-ring (bicyclic) bond motifs is 1. The number of amides is 1. The second-order valence-corrected chi connectivity index (χ2v) is 5.31. The van der Waals surface area contributed by atoms with Gasteiger partial charge in [0, 0.05) is 24.4 Å². The maximum Gasteiger partial charge on any atom is 0.251 e. The zero-order chi connectivity index (χ0) is 13.2. The van der Waals surface area contributed by atoms with Gasteiger partial charge < -0.3 is 15.4 Å². The molecule has 2 aliphatic rings. The second kappa shape index (κ2) is 6.46. The Morgan fingerprint density at radius 2 is 2.30 bits per heavy atom. The molecule has 2 unspecified atom stereocenters. The maximum atomic E-state index is 12.4. The van der Waals surface area contributed by atoms with E-state index < -0.39 is 0 Å². The van der Waals surface area contributed by atoms with Crippen LogP contribution in [0.1, 0.15) is 35.7 Å². The van der Waals surface area contributed by atoms with Crippen molar-refractivity contribution >= 4 is 24.0 Å². The van der Waals surface area contributed by atoms with Gasteiger partial charge in [-0.25, -0.2) is 0 Å². The van der Waals surface area contributed by atoms with E-state index in [-0.39, 0.29) is 30.5 Å². The van der Waals surface area contributed by atoms with Crippen LogP contribution in [-0.2, 0) is 11.2 Å². The number of hydrogen-bond acceptors (Lipinski definition) is 3. The fourth-order valence-electron chi connectivity index (χ4n) is 2.89. The zero-order valence-corrected chi connectivity index (χ0v) is 12.5. The van der Waals surface area contributed by atoms with Gasteiger partial charge in [-0.3, -0.25) is 4.79 Å². The molecule has 1 fully saturated rings. The standard InChI is InChI=1S/C15H20N2O2.ClH/c1-10-13(7-9-19-10)17-15(18)12-4-2-6-14-11(12)5-3-8-16-14;/h2,4,6,10,13,16H,3,5,7-9H2,1H3,(H,17,18);1H. The summed E-state index contributed by atoms with van der Waals surface area (Å²) in [7, 11) is 0. The van der Waals surface area contributed by atoms with Crippen LogP contribution < -0.4 is 10.6 Å². The number of rotatable bonds is 2. The van der Waals surface area contributed by atoms with Crippen LogP contribution in [0.4, 0.5) is 5.69 Å². The topological polar surface area (TPSA) is 50.4 Å². The minimum atomic E-state index is 0. The van der Waals surface area contributed by atoms with Gasteiger partial charge in [0.15, 0.2) is 0 Å². The van der Waals surface area contributed by atoms with Crippen molar-refractivity contribution in [1.82, 2.24) is 5.32 Å². The molecular weight excluding hydrogens is 276 g/mol. The van der Waals surface area contributed by atoms with E-state index in [0.29, 0.717) is 0 Å². The monoisotopic (exact) mass is 296 g/mol. The third-order valence-electron chi connectivity index (χ3n) is 4.03. The average molecular weight is 297 g/mol. The van der Waals surface area contributed by atoms with Crippen molar-refractivity contribution in [2.75, 3.05) is 18.5 Å². The third-order valence-corrected chi connectivity index (χ3v) is 4.03. The van der Waals surface area contributed by atoms with Crippen molar-refractivity contribution in [3.05, 3.63) is 29.3 Å². The largest absolute Gasteiger partial charge is 0.385 e. The molecule has 1 saturated heterocycles. The summed E-state index contributed by atoms with van der Waals surface area (Å²) in [5, 5.41) is 6.46. The molecular formula is C15H21ClN2O2. The summed E-state index contributed by atoms with van der Waals surface area (Å²) in [6.45, 7) is 3.74. The highest BCUT2D eigenvalue weighted by Crippen LogP contribution is 2.25. The Morgan fingerprint density at radius 1 is 1.45 bits per heavy atom. The van der Waals surface area contributed by atoms with E-state index in [1.165, 1.54) is 0 Å². The summed E-state index contributed by atoms with van der Waals surface area (Å²) in [5.74, 6) is 0.0305. The molecule has 110 valence electrons. The summed E-state index contributed by atoms with van der Waals surface area (Å²) in [6, 6.07) is 6.05. The molecule has 2 atom stereocenters. The van der Waals surface area contributed by atoms with Crippen molar-refractivity contribution in [1.29, 1.82) is 0 Å². The molecule has 0 radical (unpaired) electrons. The highest BCUT2D eigenvalue weighted by Gasteiger charge is 2.27. The van der Waals surface area contributed by atoms with Gasteiger partial charge in [-0.15, -0.1) is 12.4 Å². The van der Waals surface area contributed by atoms with Crippen molar-refractivity contribution in [2.24, 2.45) is 0 Å². The van der Waals surface area contributed by atoms with Gasteiger partial charge in [0.05, 0.1) is 12.1 Å². The smallest absolute Gasteiger partial charge is 0.251 e. The first-order valence-electron chi connectivity index (χ1n) is 7.04. The molecule has 3 rings (SSSR count). The Balaban J connectivity index is 0.00000147. The Labute approximate surface area is 125 Å². The first-order valence-corrected chi connectivity index (χ1v) is 7.04. The van der Waals surface area contributed by atoms with E-state index >= 15 is 0 Å². The van der Waals surface area contributed by atoms with Crippen LogP contribution >= 0.6 is 12.4 Å². The molecule has 20 heavy (non-hydrogen) atoms. The Bertz CT molecular complexity index is 493. The highest BCUT2D eigenvalue weighted by atomic mass is 35.5. The quantitative estimate of drug-likeness (QED) is 0.881. The Morgan fingerprint density at radius 3 is 3.05 bits per heavy atom. The maximum absolute atomic E-state index is 12.4. The SMILES string of the molecule is CC1OCCC1NC(=O)c1cccc2c1CCCN2.Cl. The van der Waals surface area contributed by atoms with Crippen LogP contribution in [0.3, 0.4) is 0 Å². The van der Waals surface area contributed by atoms with Gasteiger partial charge >= 0.3 is 0 Å². The fourth-order valence-corrected chi connectivity index (χ4v) is 2.89. The molecule has 0 saturated carbocycles. The first-order chi connectivity index (χ1) is 9.25. The summed E-state index contributed by atoms with van der Waals surface area (Å²) in [6.07, 6.45) is 3.07. The Hall–Kier alpha value is -1.26. The van der Waals surface area contributed by atoms with E-state index in [0.717, 1.165) is 49.2 Å². The van der Waals surface area contributed by atoms with Crippen LogP contribution in [0.2, 0.25) is 0 Å². The first kappa shape index (κ1) is 15.1. The summed E-state index contributed by atoms with van der Waals surface area (Å²) >= 11 is 0. The molecule has 2 aliphatic heterocycles. The van der Waals surface area contributed by atoms with Gasteiger partial charge in [0.25, 0.3) is 5.91 Å². The predicted molar refractivity (Wildman–Crippen MR) is 81.8 cm³/mol. The van der Waals surface area contributed by atoms with Gasteiger partial charge in [-0.05, 0) is 43.9 Å². The lowest BCUT2D eigenvalue weighted by Gasteiger charge is -2.22. The van der Waals surface area contributed by atoms with Gasteiger partial charge in [0.1, 0.15) is 0 Å². The highest BCUT2D eigenvalue weighted by molar-refractivity contribution is 5.97. The van der Waals surface area contributed by atoms with Crippen molar-refractivity contribution in [2.45, 2.75) is 38.3 Å². The molecule has 1 aromatic carbocycles. The lowest BCUT2D eigenvalue weighted by Crippen LogP contribution is -2.39. The van der Waals surface area contributed by atoms with Gasteiger partial charge in [-0.2, -0.15) is 0 Å². The molecule has 5 heteroatoms. The number of ether oxygens (including phenoxy) is 1. The summed E-state index contributed by atoms with van der Waals surface area (Å²) < 4.78 is 5.49. The molecule has 2 heterocycles. The van der Waals surface area contributed by atoms with Crippen LogP contribution in [-0.4, -0.2) is 31.2 Å². The number of halogens is 1. The number of benzene rings is 1. The van der Waals surface area contributed by atoms with E-state index in [4.69, 9.17) is 4.74 Å². The summed E-state index contributed by atoms with van der Waals surface area (Å²) in [5.41, 5.74) is 3.07. The number of nitrogens with one attached hydrogen (secondary N) is 2. The predicted octanol–water partition coefficient (Wildman–Crippen LogP) is 2.37. The van der Waals surface area contributed by atoms with Crippen LogP contribution in [0.15, 0.2) is 18.2 Å². The fraction of sp³-hybridized carbons (Fsp3) is 0.533. The minimum absolute atomic E-state index is 0. The molecule has 0 aliphatic carbocycles.